The van der Waals surface area contributed by atoms with E-state index in [9.17, 15) is 9.59 Å². The monoisotopic (exact) mass is 316 g/mol. The van der Waals surface area contributed by atoms with E-state index in [0.717, 1.165) is 10.2 Å². The number of carbonyl (C=O) groups is 2. The summed E-state index contributed by atoms with van der Waals surface area (Å²) in [5.41, 5.74) is 0. The van der Waals surface area contributed by atoms with Gasteiger partial charge in [-0.05, 0) is 40.9 Å². The minimum atomic E-state index is -0.521. The van der Waals surface area contributed by atoms with E-state index in [2.05, 4.69) is 22.0 Å². The maximum absolute atomic E-state index is 11.8. The van der Waals surface area contributed by atoms with Crippen molar-refractivity contribution >= 4 is 39.0 Å². The molecule has 1 saturated carbocycles. The fraction of sp³-hybridized carbons (Fsp3) is 0.500. The van der Waals surface area contributed by atoms with Crippen molar-refractivity contribution in [3.63, 3.8) is 0 Å². The Morgan fingerprint density at radius 2 is 2.24 bits per heavy atom. The van der Waals surface area contributed by atoms with Gasteiger partial charge >= 0.3 is 5.97 Å². The normalized spacial score (nSPS) is 24.7. The third-order valence-electron chi connectivity index (χ3n) is 2.89. The Morgan fingerprint density at radius 1 is 1.47 bits per heavy atom. The van der Waals surface area contributed by atoms with Crippen LogP contribution in [0.4, 0.5) is 0 Å². The highest BCUT2D eigenvalue weighted by Crippen LogP contribution is 2.37. The van der Waals surface area contributed by atoms with E-state index < -0.39 is 6.10 Å². The van der Waals surface area contributed by atoms with Crippen molar-refractivity contribution in [2.75, 3.05) is 0 Å². The molecule has 17 heavy (non-hydrogen) atoms. The molecule has 0 spiro atoms. The fourth-order valence-corrected chi connectivity index (χ4v) is 3.66. The van der Waals surface area contributed by atoms with Gasteiger partial charge in [-0.15, -0.1) is 11.3 Å². The lowest BCUT2D eigenvalue weighted by Crippen LogP contribution is -2.32. The van der Waals surface area contributed by atoms with Crippen LogP contribution in [0.1, 0.15) is 37.0 Å². The molecular formula is C12H13BrO3S. The Labute approximate surface area is 112 Å². The van der Waals surface area contributed by atoms with E-state index in [4.69, 9.17) is 4.74 Å². The van der Waals surface area contributed by atoms with E-state index in [0.29, 0.717) is 12.8 Å². The smallest absolute Gasteiger partial charge is 0.303 e. The van der Waals surface area contributed by atoms with Gasteiger partial charge < -0.3 is 4.74 Å². The van der Waals surface area contributed by atoms with Crippen LogP contribution in [-0.2, 0) is 14.3 Å². The van der Waals surface area contributed by atoms with Crippen molar-refractivity contribution in [3.05, 3.63) is 20.8 Å². The highest BCUT2D eigenvalue weighted by Gasteiger charge is 2.31. The van der Waals surface area contributed by atoms with Crippen LogP contribution in [0.15, 0.2) is 15.9 Å². The zero-order chi connectivity index (χ0) is 12.4. The molecule has 0 radical (unpaired) electrons. The minimum absolute atomic E-state index is 0.0426. The SMILES string of the molecule is CC(=O)OC1CCC(c2ccc(Br)s2)CC1=O. The second-order valence-electron chi connectivity index (χ2n) is 4.18. The Morgan fingerprint density at radius 3 is 2.76 bits per heavy atom. The molecule has 1 aliphatic rings. The van der Waals surface area contributed by atoms with Crippen LogP contribution < -0.4 is 0 Å². The molecule has 5 heteroatoms. The Balaban J connectivity index is 2.00. The molecule has 0 aromatic carbocycles. The van der Waals surface area contributed by atoms with Crippen LogP contribution in [0, 0.1) is 0 Å². The molecule has 1 aromatic heterocycles. The molecule has 3 nitrogen and oxygen atoms in total. The number of ketones is 1. The summed E-state index contributed by atoms with van der Waals surface area (Å²) in [6, 6.07) is 4.06. The largest absolute Gasteiger partial charge is 0.455 e. The maximum Gasteiger partial charge on any atom is 0.303 e. The molecule has 0 N–H and O–H groups in total. The molecule has 92 valence electrons. The van der Waals surface area contributed by atoms with Crippen LogP contribution in [0.2, 0.25) is 0 Å². The van der Waals surface area contributed by atoms with Crippen molar-refractivity contribution < 1.29 is 14.3 Å². The average Bonchev–Trinajstić information content (AvgIpc) is 2.67. The summed E-state index contributed by atoms with van der Waals surface area (Å²) >= 11 is 5.09. The first-order valence-electron chi connectivity index (χ1n) is 5.51. The molecule has 1 aliphatic carbocycles. The van der Waals surface area contributed by atoms with Gasteiger partial charge in [-0.25, -0.2) is 0 Å². The van der Waals surface area contributed by atoms with Gasteiger partial charge in [0.25, 0.3) is 0 Å². The quantitative estimate of drug-likeness (QED) is 0.786. The number of Topliss-reactive ketones (excluding diaryl/α,β-unsaturated/α-hetero) is 1. The number of hydrogen-bond acceptors (Lipinski definition) is 4. The van der Waals surface area contributed by atoms with Gasteiger partial charge in [0.1, 0.15) is 0 Å². The summed E-state index contributed by atoms with van der Waals surface area (Å²) in [6.07, 6.45) is 1.49. The van der Waals surface area contributed by atoms with Crippen LogP contribution in [0.5, 0.6) is 0 Å². The van der Waals surface area contributed by atoms with E-state index in [-0.39, 0.29) is 17.7 Å². The standard InChI is InChI=1S/C12H13BrO3S/c1-7(14)16-10-3-2-8(6-9(10)15)11-4-5-12(13)17-11/h4-5,8,10H,2-3,6H2,1H3. The molecule has 2 rings (SSSR count). The van der Waals surface area contributed by atoms with E-state index in [1.165, 1.54) is 11.8 Å². The molecule has 1 aromatic rings. The van der Waals surface area contributed by atoms with Crippen molar-refractivity contribution in [1.82, 2.24) is 0 Å². The van der Waals surface area contributed by atoms with Crippen molar-refractivity contribution in [2.45, 2.75) is 38.2 Å². The number of esters is 1. The maximum atomic E-state index is 11.8. The van der Waals surface area contributed by atoms with E-state index in [1.54, 1.807) is 11.3 Å². The second-order valence-corrected chi connectivity index (χ2v) is 6.68. The summed E-state index contributed by atoms with van der Waals surface area (Å²) in [7, 11) is 0. The van der Waals surface area contributed by atoms with E-state index in [1.807, 2.05) is 6.07 Å². The first-order valence-corrected chi connectivity index (χ1v) is 7.12. The Kier molecular flexibility index (Phi) is 3.99. The number of carbonyl (C=O) groups excluding carboxylic acids is 2. The van der Waals surface area contributed by atoms with Gasteiger partial charge in [-0.3, -0.25) is 9.59 Å². The topological polar surface area (TPSA) is 43.4 Å². The fourth-order valence-electron chi connectivity index (χ4n) is 2.11. The molecule has 2 unspecified atom stereocenters. The number of thiophene rings is 1. The molecule has 0 aliphatic heterocycles. The molecular weight excluding hydrogens is 304 g/mol. The summed E-state index contributed by atoms with van der Waals surface area (Å²) in [4.78, 5) is 23.9. The first kappa shape index (κ1) is 12.8. The molecule has 0 bridgehead atoms. The average molecular weight is 317 g/mol. The zero-order valence-electron chi connectivity index (χ0n) is 9.44. The van der Waals surface area contributed by atoms with Crippen molar-refractivity contribution in [1.29, 1.82) is 0 Å². The van der Waals surface area contributed by atoms with Crippen molar-refractivity contribution in [3.8, 4) is 0 Å². The van der Waals surface area contributed by atoms with Gasteiger partial charge in [0.2, 0.25) is 0 Å². The van der Waals surface area contributed by atoms with Gasteiger partial charge in [0, 0.05) is 24.1 Å². The number of halogens is 1. The lowest BCUT2D eigenvalue weighted by atomic mass is 9.85. The Hall–Kier alpha value is -0.680. The van der Waals surface area contributed by atoms with Gasteiger partial charge in [-0.1, -0.05) is 0 Å². The second kappa shape index (κ2) is 5.31. The summed E-state index contributed by atoms with van der Waals surface area (Å²) in [5, 5.41) is 0. The zero-order valence-corrected chi connectivity index (χ0v) is 11.8. The Bertz CT molecular complexity index is 441. The first-order chi connectivity index (χ1) is 8.06. The molecule has 0 saturated heterocycles. The number of ether oxygens (including phenoxy) is 1. The van der Waals surface area contributed by atoms with Crippen LogP contribution in [0.3, 0.4) is 0 Å². The third kappa shape index (κ3) is 3.16. The van der Waals surface area contributed by atoms with Gasteiger partial charge in [0.05, 0.1) is 3.79 Å². The summed E-state index contributed by atoms with van der Waals surface area (Å²) in [5.74, 6) is -0.0488. The van der Waals surface area contributed by atoms with Crippen LogP contribution in [-0.4, -0.2) is 17.9 Å². The number of rotatable bonds is 2. The summed E-state index contributed by atoms with van der Waals surface area (Å²) in [6.45, 7) is 1.34. The predicted molar refractivity (Wildman–Crippen MR) is 69.2 cm³/mol. The van der Waals surface area contributed by atoms with Crippen molar-refractivity contribution in [2.24, 2.45) is 0 Å². The molecule has 1 fully saturated rings. The highest BCUT2D eigenvalue weighted by atomic mass is 79.9. The van der Waals surface area contributed by atoms with E-state index >= 15 is 0 Å². The molecule has 1 heterocycles. The molecule has 0 amide bonds. The van der Waals surface area contributed by atoms with Crippen LogP contribution >= 0.6 is 27.3 Å². The lowest BCUT2D eigenvalue weighted by molar-refractivity contribution is -0.154. The third-order valence-corrected chi connectivity index (χ3v) is 4.67. The number of hydrogen-bond donors (Lipinski definition) is 0. The predicted octanol–water partition coefficient (Wildman–Crippen LogP) is 3.28. The lowest BCUT2D eigenvalue weighted by Gasteiger charge is -2.26. The van der Waals surface area contributed by atoms with Gasteiger partial charge in [-0.2, -0.15) is 0 Å². The highest BCUT2D eigenvalue weighted by molar-refractivity contribution is 9.11. The summed E-state index contributed by atoms with van der Waals surface area (Å²) < 4.78 is 6.08. The minimum Gasteiger partial charge on any atom is -0.455 e. The molecule has 2 atom stereocenters. The van der Waals surface area contributed by atoms with Gasteiger partial charge in [0.15, 0.2) is 11.9 Å². The van der Waals surface area contributed by atoms with Crippen LogP contribution in [0.25, 0.3) is 0 Å².